The summed E-state index contributed by atoms with van der Waals surface area (Å²) < 4.78 is 11.7. The van der Waals surface area contributed by atoms with Crippen LogP contribution in [0.4, 0.5) is 0 Å². The van der Waals surface area contributed by atoms with Crippen molar-refractivity contribution in [3.63, 3.8) is 0 Å². The van der Waals surface area contributed by atoms with Gasteiger partial charge in [0.15, 0.2) is 5.11 Å². The molecule has 1 heterocycles. The Morgan fingerprint density at radius 2 is 2.17 bits per heavy atom. The fourth-order valence-corrected chi connectivity index (χ4v) is 2.38. The number of halogens is 1. The molecule has 0 spiro atoms. The number of hydrogen-bond donors (Lipinski definition) is 2. The Hall–Kier alpha value is -1.86. The number of carbonyl (C=O) groups is 1. The molecule has 0 atom stereocenters. The molecule has 0 fully saturated rings. The number of carbonyl (C=O) groups excluding carboxylic acids is 1. The summed E-state index contributed by atoms with van der Waals surface area (Å²) in [6.07, 6.45) is 1.58. The molecule has 1 aromatic heterocycles. The van der Waals surface area contributed by atoms with Gasteiger partial charge in [-0.2, -0.15) is 0 Å². The summed E-state index contributed by atoms with van der Waals surface area (Å²) in [5.41, 5.74) is 0.423. The number of ether oxygens (including phenoxy) is 1. The first-order valence-corrected chi connectivity index (χ1v) is 8.69. The van der Waals surface area contributed by atoms with Crippen molar-refractivity contribution in [3.8, 4) is 5.75 Å². The van der Waals surface area contributed by atoms with Crippen LogP contribution in [0, 0.1) is 5.92 Å². The molecule has 2 N–H and O–H groups in total. The maximum Gasteiger partial charge on any atom is 0.261 e. The van der Waals surface area contributed by atoms with Crippen molar-refractivity contribution in [2.75, 3.05) is 6.61 Å². The second-order valence-electron chi connectivity index (χ2n) is 5.56. The maximum absolute atomic E-state index is 12.5. The van der Waals surface area contributed by atoms with Gasteiger partial charge in [0, 0.05) is 4.47 Å². The molecule has 0 saturated carbocycles. The van der Waals surface area contributed by atoms with E-state index in [-0.39, 0.29) is 11.0 Å². The molecule has 2 aromatic rings. The van der Waals surface area contributed by atoms with Gasteiger partial charge in [-0.25, -0.2) is 0 Å². The molecule has 2 rings (SSSR count). The normalized spacial score (nSPS) is 10.5. The zero-order chi connectivity index (χ0) is 17.5. The minimum atomic E-state index is -0.327. The van der Waals surface area contributed by atoms with Gasteiger partial charge in [0.25, 0.3) is 5.91 Å². The van der Waals surface area contributed by atoms with Crippen molar-refractivity contribution in [1.82, 2.24) is 10.6 Å². The molecule has 0 radical (unpaired) electrons. The van der Waals surface area contributed by atoms with Crippen molar-refractivity contribution >= 4 is 39.2 Å². The first-order chi connectivity index (χ1) is 11.5. The van der Waals surface area contributed by atoms with Gasteiger partial charge in [-0.1, -0.05) is 29.8 Å². The monoisotopic (exact) mass is 410 g/mol. The highest BCUT2D eigenvalue weighted by atomic mass is 79.9. The van der Waals surface area contributed by atoms with Crippen LogP contribution >= 0.6 is 28.1 Å². The van der Waals surface area contributed by atoms with Gasteiger partial charge in [-0.05, 0) is 48.5 Å². The smallest absolute Gasteiger partial charge is 0.261 e. The molecule has 0 aliphatic rings. The summed E-state index contributed by atoms with van der Waals surface area (Å²) in [5, 5.41) is 5.80. The van der Waals surface area contributed by atoms with Crippen molar-refractivity contribution in [1.29, 1.82) is 0 Å². The molecule has 0 aliphatic heterocycles. The van der Waals surface area contributed by atoms with Gasteiger partial charge in [-0.15, -0.1) is 0 Å². The molecule has 128 valence electrons. The third kappa shape index (κ3) is 5.65. The Morgan fingerprint density at radius 1 is 1.38 bits per heavy atom. The van der Waals surface area contributed by atoms with E-state index in [1.807, 2.05) is 26.0 Å². The van der Waals surface area contributed by atoms with E-state index in [1.165, 1.54) is 0 Å². The standard InChI is InChI=1S/C17H19BrN2O3S/c1-11(2)10-23-15-6-5-12(18)8-14(15)16(21)20-17(24)19-9-13-4-3-7-22-13/h3-8,11H,9-10H2,1-2H3,(H2,19,20,21,24). The fraction of sp³-hybridized carbons (Fsp3) is 0.294. The van der Waals surface area contributed by atoms with E-state index < -0.39 is 0 Å². The van der Waals surface area contributed by atoms with Crippen LogP contribution in [0.2, 0.25) is 0 Å². The van der Waals surface area contributed by atoms with E-state index in [9.17, 15) is 4.79 Å². The Bertz CT molecular complexity index is 702. The second kappa shape index (κ2) is 8.84. The van der Waals surface area contributed by atoms with Crippen LogP contribution in [0.5, 0.6) is 5.75 Å². The predicted octanol–water partition coefficient (Wildman–Crippen LogP) is 3.88. The number of nitrogens with one attached hydrogen (secondary N) is 2. The molecule has 1 aromatic carbocycles. The van der Waals surface area contributed by atoms with Crippen LogP contribution in [0.25, 0.3) is 0 Å². The third-order valence-electron chi connectivity index (χ3n) is 2.99. The summed E-state index contributed by atoms with van der Waals surface area (Å²) in [6, 6.07) is 8.92. The zero-order valence-electron chi connectivity index (χ0n) is 13.5. The summed E-state index contributed by atoms with van der Waals surface area (Å²) in [5.74, 6) is 1.29. The number of benzene rings is 1. The number of hydrogen-bond acceptors (Lipinski definition) is 4. The molecular formula is C17H19BrN2O3S. The second-order valence-corrected chi connectivity index (χ2v) is 6.89. The van der Waals surface area contributed by atoms with E-state index in [0.717, 1.165) is 10.2 Å². The Balaban J connectivity index is 1.99. The fourth-order valence-electron chi connectivity index (χ4n) is 1.86. The summed E-state index contributed by atoms with van der Waals surface area (Å²) >= 11 is 8.52. The Labute approximate surface area is 154 Å². The van der Waals surface area contributed by atoms with Gasteiger partial charge in [-0.3, -0.25) is 10.1 Å². The van der Waals surface area contributed by atoms with Crippen LogP contribution in [0.3, 0.4) is 0 Å². The van der Waals surface area contributed by atoms with Gasteiger partial charge in [0.05, 0.1) is 25.0 Å². The Morgan fingerprint density at radius 3 is 2.83 bits per heavy atom. The van der Waals surface area contributed by atoms with Crippen LogP contribution in [-0.4, -0.2) is 17.6 Å². The van der Waals surface area contributed by atoms with Crippen molar-refractivity contribution in [3.05, 3.63) is 52.4 Å². The quantitative estimate of drug-likeness (QED) is 0.707. The average molecular weight is 411 g/mol. The number of furan rings is 1. The van der Waals surface area contributed by atoms with Crippen LogP contribution < -0.4 is 15.4 Å². The molecule has 0 saturated heterocycles. The highest BCUT2D eigenvalue weighted by Gasteiger charge is 2.15. The van der Waals surface area contributed by atoms with Crippen LogP contribution in [0.15, 0.2) is 45.5 Å². The lowest BCUT2D eigenvalue weighted by atomic mass is 10.2. The molecule has 0 bridgehead atoms. The van der Waals surface area contributed by atoms with Crippen LogP contribution in [-0.2, 0) is 6.54 Å². The maximum atomic E-state index is 12.5. The van der Waals surface area contributed by atoms with E-state index in [0.29, 0.717) is 30.4 Å². The van der Waals surface area contributed by atoms with Gasteiger partial charge >= 0.3 is 0 Å². The SMILES string of the molecule is CC(C)COc1ccc(Br)cc1C(=O)NC(=S)NCc1ccco1. The molecular weight excluding hydrogens is 392 g/mol. The molecule has 1 amide bonds. The van der Waals surface area contributed by atoms with Gasteiger partial charge < -0.3 is 14.5 Å². The number of thiocarbonyl (C=S) groups is 1. The first-order valence-electron chi connectivity index (χ1n) is 7.49. The van der Waals surface area contributed by atoms with Gasteiger partial charge in [0.1, 0.15) is 11.5 Å². The molecule has 7 heteroatoms. The predicted molar refractivity (Wildman–Crippen MR) is 100 cm³/mol. The lowest BCUT2D eigenvalue weighted by Gasteiger charge is -2.14. The third-order valence-corrected chi connectivity index (χ3v) is 3.73. The molecule has 0 aliphatic carbocycles. The highest BCUT2D eigenvalue weighted by molar-refractivity contribution is 9.10. The highest BCUT2D eigenvalue weighted by Crippen LogP contribution is 2.23. The minimum Gasteiger partial charge on any atom is -0.492 e. The topological polar surface area (TPSA) is 63.5 Å². The van der Waals surface area contributed by atoms with E-state index in [4.69, 9.17) is 21.4 Å². The first kappa shape index (κ1) is 18.5. The lowest BCUT2D eigenvalue weighted by molar-refractivity contribution is 0.0971. The molecule has 24 heavy (non-hydrogen) atoms. The lowest BCUT2D eigenvalue weighted by Crippen LogP contribution is -2.39. The van der Waals surface area contributed by atoms with Crippen molar-refractivity contribution in [2.24, 2.45) is 5.92 Å². The molecule has 0 unspecified atom stereocenters. The van der Waals surface area contributed by atoms with Crippen molar-refractivity contribution in [2.45, 2.75) is 20.4 Å². The average Bonchev–Trinajstić information content (AvgIpc) is 3.05. The number of rotatable bonds is 6. The van der Waals surface area contributed by atoms with E-state index in [1.54, 1.807) is 24.5 Å². The largest absolute Gasteiger partial charge is 0.492 e. The van der Waals surface area contributed by atoms with E-state index in [2.05, 4.69) is 26.6 Å². The van der Waals surface area contributed by atoms with Crippen molar-refractivity contribution < 1.29 is 13.9 Å². The minimum absolute atomic E-state index is 0.228. The Kier molecular flexibility index (Phi) is 6.81. The van der Waals surface area contributed by atoms with Gasteiger partial charge in [0.2, 0.25) is 0 Å². The molecule has 5 nitrogen and oxygen atoms in total. The zero-order valence-corrected chi connectivity index (χ0v) is 15.9. The summed E-state index contributed by atoms with van der Waals surface area (Å²) in [6.45, 7) is 5.03. The van der Waals surface area contributed by atoms with Crippen LogP contribution in [0.1, 0.15) is 30.0 Å². The summed E-state index contributed by atoms with van der Waals surface area (Å²) in [7, 11) is 0. The number of amides is 1. The van der Waals surface area contributed by atoms with E-state index >= 15 is 0 Å². The summed E-state index contributed by atoms with van der Waals surface area (Å²) in [4.78, 5) is 12.5.